The Labute approximate surface area is 149 Å². The van der Waals surface area contributed by atoms with Crippen molar-refractivity contribution < 1.29 is 14.4 Å². The molecule has 3 aliphatic rings. The largest absolute Gasteiger partial charge is 0.343 e. The van der Waals surface area contributed by atoms with Gasteiger partial charge >= 0.3 is 6.03 Å². The summed E-state index contributed by atoms with van der Waals surface area (Å²) in [4.78, 5) is 42.7. The number of imide groups is 1. The molecule has 3 saturated heterocycles. The van der Waals surface area contributed by atoms with Crippen molar-refractivity contribution in [2.75, 3.05) is 32.7 Å². The van der Waals surface area contributed by atoms with Gasteiger partial charge < -0.3 is 15.1 Å². The minimum atomic E-state index is -0.706. The minimum absolute atomic E-state index is 0.0528. The Balaban J connectivity index is 1.62. The van der Waals surface area contributed by atoms with Crippen molar-refractivity contribution in [2.45, 2.75) is 58.0 Å². The third-order valence-electron chi connectivity index (χ3n) is 5.80. The maximum atomic E-state index is 13.1. The highest BCUT2D eigenvalue weighted by Gasteiger charge is 2.54. The molecule has 0 unspecified atom stereocenters. The van der Waals surface area contributed by atoms with E-state index >= 15 is 0 Å². The molecule has 7 nitrogen and oxygen atoms in total. The Morgan fingerprint density at radius 1 is 1.16 bits per heavy atom. The molecule has 0 radical (unpaired) electrons. The Bertz CT molecular complexity index is 547. The average molecular weight is 350 g/mol. The van der Waals surface area contributed by atoms with Crippen LogP contribution in [-0.2, 0) is 9.59 Å². The van der Waals surface area contributed by atoms with Crippen molar-refractivity contribution in [3.63, 3.8) is 0 Å². The number of nitrogens with zero attached hydrogens (tertiary/aromatic N) is 3. The van der Waals surface area contributed by atoms with Crippen molar-refractivity contribution in [3.8, 4) is 0 Å². The highest BCUT2D eigenvalue weighted by Crippen LogP contribution is 2.32. The topological polar surface area (TPSA) is 73.0 Å². The molecule has 3 rings (SSSR count). The van der Waals surface area contributed by atoms with E-state index in [0.29, 0.717) is 44.7 Å². The molecule has 3 fully saturated rings. The van der Waals surface area contributed by atoms with E-state index in [9.17, 15) is 14.4 Å². The number of hydrogen-bond donors (Lipinski definition) is 1. The lowest BCUT2D eigenvalue weighted by atomic mass is 9.86. The van der Waals surface area contributed by atoms with Gasteiger partial charge in [0.2, 0.25) is 5.91 Å². The average Bonchev–Trinajstić information content (AvgIpc) is 2.80. The van der Waals surface area contributed by atoms with E-state index in [1.807, 2.05) is 0 Å². The van der Waals surface area contributed by atoms with Crippen LogP contribution in [0.4, 0.5) is 4.79 Å². The normalized spacial score (nSPS) is 25.1. The summed E-state index contributed by atoms with van der Waals surface area (Å²) in [5.41, 5.74) is -0.706. The van der Waals surface area contributed by atoms with Gasteiger partial charge in [0.15, 0.2) is 0 Å². The van der Waals surface area contributed by atoms with Crippen LogP contribution >= 0.6 is 0 Å². The fourth-order valence-corrected chi connectivity index (χ4v) is 4.38. The molecule has 0 bridgehead atoms. The van der Waals surface area contributed by atoms with Crippen LogP contribution in [-0.4, -0.2) is 76.8 Å². The smallest absolute Gasteiger partial charge is 0.325 e. The Morgan fingerprint density at radius 3 is 2.28 bits per heavy atom. The lowest BCUT2D eigenvalue weighted by molar-refractivity contribution is -0.136. The third-order valence-corrected chi connectivity index (χ3v) is 5.80. The van der Waals surface area contributed by atoms with Gasteiger partial charge in [-0.25, -0.2) is 4.79 Å². The molecule has 3 heterocycles. The fourth-order valence-electron chi connectivity index (χ4n) is 4.38. The van der Waals surface area contributed by atoms with Crippen molar-refractivity contribution in [3.05, 3.63) is 0 Å². The number of nitrogens with one attached hydrogen (secondary N) is 1. The van der Waals surface area contributed by atoms with Crippen LogP contribution in [0.15, 0.2) is 0 Å². The van der Waals surface area contributed by atoms with Crippen molar-refractivity contribution in [1.82, 2.24) is 20.0 Å². The molecule has 140 valence electrons. The minimum Gasteiger partial charge on any atom is -0.343 e. The molecule has 0 aliphatic carbocycles. The summed E-state index contributed by atoms with van der Waals surface area (Å²) in [7, 11) is 0. The van der Waals surface area contributed by atoms with Gasteiger partial charge in [0.25, 0.3) is 5.91 Å². The summed E-state index contributed by atoms with van der Waals surface area (Å²) in [5.74, 6) is 0.610. The monoisotopic (exact) mass is 350 g/mol. The predicted octanol–water partition coefficient (Wildman–Crippen LogP) is 1.04. The molecule has 0 saturated carbocycles. The number of piperidine rings is 2. The van der Waals surface area contributed by atoms with Gasteiger partial charge in [-0.3, -0.25) is 14.5 Å². The zero-order chi connectivity index (χ0) is 18.2. The fraction of sp³-hybridized carbons (Fsp3) is 0.833. The molecule has 4 amide bonds. The van der Waals surface area contributed by atoms with Gasteiger partial charge in [-0.2, -0.15) is 0 Å². The van der Waals surface area contributed by atoms with Crippen LogP contribution in [0.3, 0.4) is 0 Å². The lowest BCUT2D eigenvalue weighted by Crippen LogP contribution is -2.56. The number of carbonyl (C=O) groups is 3. The highest BCUT2D eigenvalue weighted by atomic mass is 16.2. The van der Waals surface area contributed by atoms with Gasteiger partial charge in [-0.15, -0.1) is 0 Å². The summed E-state index contributed by atoms with van der Waals surface area (Å²) in [6.07, 6.45) is 2.72. The first-order chi connectivity index (χ1) is 11.8. The van der Waals surface area contributed by atoms with Crippen LogP contribution in [0.1, 0.15) is 46.5 Å². The Morgan fingerprint density at radius 2 is 1.76 bits per heavy atom. The molecule has 3 aliphatic heterocycles. The number of rotatable bonds is 3. The lowest BCUT2D eigenvalue weighted by Gasteiger charge is -2.39. The zero-order valence-corrected chi connectivity index (χ0v) is 15.6. The first-order valence-corrected chi connectivity index (χ1v) is 9.46. The standard InChI is InChI=1S/C18H30N4O3/c1-13(2)12-20-10-6-18(7-11-20)16(24)22(17(25)19-18)15-4-8-21(9-5-15)14(3)23/h13,15H,4-12H2,1-3H3,(H,19,25). The molecule has 0 aromatic carbocycles. The van der Waals surface area contributed by atoms with E-state index in [4.69, 9.17) is 0 Å². The first-order valence-electron chi connectivity index (χ1n) is 9.46. The predicted molar refractivity (Wildman–Crippen MR) is 93.9 cm³/mol. The van der Waals surface area contributed by atoms with Crippen LogP contribution < -0.4 is 5.32 Å². The van der Waals surface area contributed by atoms with Gasteiger partial charge in [-0.1, -0.05) is 13.8 Å². The van der Waals surface area contributed by atoms with Gasteiger partial charge in [0.05, 0.1) is 0 Å². The van der Waals surface area contributed by atoms with Gasteiger partial charge in [0, 0.05) is 45.7 Å². The second-order valence-corrected chi connectivity index (χ2v) is 8.12. The maximum absolute atomic E-state index is 13.1. The van der Waals surface area contributed by atoms with E-state index in [2.05, 4.69) is 24.1 Å². The summed E-state index contributed by atoms with van der Waals surface area (Å²) in [6, 6.07) is -0.334. The SMILES string of the molecule is CC(=O)N1CCC(N2C(=O)NC3(CCN(CC(C)C)CC3)C2=O)CC1. The molecule has 7 heteroatoms. The first kappa shape index (κ1) is 18.2. The van der Waals surface area contributed by atoms with E-state index in [1.54, 1.807) is 11.8 Å². The quantitative estimate of drug-likeness (QED) is 0.772. The summed E-state index contributed by atoms with van der Waals surface area (Å²) in [5, 5.41) is 3.00. The summed E-state index contributed by atoms with van der Waals surface area (Å²) >= 11 is 0. The molecule has 1 spiro atoms. The molecular formula is C18H30N4O3. The van der Waals surface area contributed by atoms with Crippen molar-refractivity contribution in [2.24, 2.45) is 5.92 Å². The third kappa shape index (κ3) is 3.52. The number of carbonyl (C=O) groups excluding carboxylic acids is 3. The molecule has 25 heavy (non-hydrogen) atoms. The van der Waals surface area contributed by atoms with E-state index in [0.717, 1.165) is 19.6 Å². The number of amides is 4. The van der Waals surface area contributed by atoms with E-state index < -0.39 is 5.54 Å². The maximum Gasteiger partial charge on any atom is 0.325 e. The van der Waals surface area contributed by atoms with Gasteiger partial charge in [-0.05, 0) is 31.6 Å². The summed E-state index contributed by atoms with van der Waals surface area (Å²) in [6.45, 7) is 9.92. The van der Waals surface area contributed by atoms with Crippen LogP contribution in [0, 0.1) is 5.92 Å². The van der Waals surface area contributed by atoms with Gasteiger partial charge in [0.1, 0.15) is 5.54 Å². The van der Waals surface area contributed by atoms with E-state index in [1.165, 1.54) is 4.90 Å². The van der Waals surface area contributed by atoms with E-state index in [-0.39, 0.29) is 23.9 Å². The van der Waals surface area contributed by atoms with Crippen LogP contribution in [0.2, 0.25) is 0 Å². The number of likely N-dealkylation sites (tertiary alicyclic amines) is 2. The second-order valence-electron chi connectivity index (χ2n) is 8.12. The molecule has 0 aromatic heterocycles. The number of urea groups is 1. The molecular weight excluding hydrogens is 320 g/mol. The van der Waals surface area contributed by atoms with Crippen LogP contribution in [0.5, 0.6) is 0 Å². The van der Waals surface area contributed by atoms with Crippen molar-refractivity contribution in [1.29, 1.82) is 0 Å². The zero-order valence-electron chi connectivity index (χ0n) is 15.6. The second kappa shape index (κ2) is 6.94. The van der Waals surface area contributed by atoms with Crippen LogP contribution in [0.25, 0.3) is 0 Å². The summed E-state index contributed by atoms with van der Waals surface area (Å²) < 4.78 is 0. The Hall–Kier alpha value is -1.63. The molecule has 0 atom stereocenters. The highest BCUT2D eigenvalue weighted by molar-refractivity contribution is 6.07. The van der Waals surface area contributed by atoms with Crippen molar-refractivity contribution >= 4 is 17.8 Å². The Kier molecular flexibility index (Phi) is 5.04. The number of hydrogen-bond acceptors (Lipinski definition) is 4. The molecule has 1 N–H and O–H groups in total. The molecule has 0 aromatic rings.